The maximum absolute atomic E-state index is 11.7. The first-order valence-corrected chi connectivity index (χ1v) is 6.09. The zero-order valence-electron chi connectivity index (χ0n) is 10.9. The van der Waals surface area contributed by atoms with Gasteiger partial charge in [-0.2, -0.15) is 0 Å². The third kappa shape index (κ3) is 3.24. The van der Waals surface area contributed by atoms with Crippen LogP contribution in [-0.2, 0) is 19.1 Å². The molecule has 1 aliphatic rings. The molecule has 0 N–H and O–H groups in total. The molecule has 0 unspecified atom stereocenters. The number of ether oxygens (including phenoxy) is 2. The smallest absolute Gasteiger partial charge is 0.312 e. The Hall–Kier alpha value is -2.04. The monoisotopic (exact) mass is 264 g/mol. The number of furan rings is 1. The van der Waals surface area contributed by atoms with Crippen LogP contribution in [-0.4, -0.2) is 25.2 Å². The molecule has 0 radical (unpaired) electrons. The van der Waals surface area contributed by atoms with Crippen molar-refractivity contribution in [2.75, 3.05) is 7.11 Å². The van der Waals surface area contributed by atoms with Crippen LogP contribution in [0.2, 0.25) is 0 Å². The van der Waals surface area contributed by atoms with E-state index in [4.69, 9.17) is 13.9 Å². The SMILES string of the molecule is COC(=O)[C@@H]1C=C(c2ccco2)C[C@H](OC(C)=O)C1. The predicted octanol–water partition coefficient (Wildman–Crippen LogP) is 2.18. The fraction of sp³-hybridized carbons (Fsp3) is 0.429. The van der Waals surface area contributed by atoms with E-state index in [-0.39, 0.29) is 18.0 Å². The summed E-state index contributed by atoms with van der Waals surface area (Å²) >= 11 is 0. The van der Waals surface area contributed by atoms with Gasteiger partial charge in [0, 0.05) is 19.8 Å². The fourth-order valence-electron chi connectivity index (χ4n) is 2.27. The highest BCUT2D eigenvalue weighted by Crippen LogP contribution is 2.32. The van der Waals surface area contributed by atoms with Crippen LogP contribution >= 0.6 is 0 Å². The van der Waals surface area contributed by atoms with Gasteiger partial charge in [0.15, 0.2) is 0 Å². The second-order valence-electron chi connectivity index (χ2n) is 4.47. The van der Waals surface area contributed by atoms with Crippen molar-refractivity contribution in [3.05, 3.63) is 30.2 Å². The molecule has 0 spiro atoms. The van der Waals surface area contributed by atoms with Crippen LogP contribution in [0.15, 0.2) is 28.9 Å². The van der Waals surface area contributed by atoms with Gasteiger partial charge in [0.2, 0.25) is 0 Å². The van der Waals surface area contributed by atoms with Gasteiger partial charge in [0.25, 0.3) is 0 Å². The molecule has 0 saturated carbocycles. The average molecular weight is 264 g/mol. The second kappa shape index (κ2) is 5.73. The number of esters is 2. The third-order valence-electron chi connectivity index (χ3n) is 3.04. The van der Waals surface area contributed by atoms with Gasteiger partial charge in [0.05, 0.1) is 19.3 Å². The van der Waals surface area contributed by atoms with E-state index in [0.717, 1.165) is 5.57 Å². The first kappa shape index (κ1) is 13.4. The molecule has 0 saturated heterocycles. The van der Waals surface area contributed by atoms with Gasteiger partial charge in [0.1, 0.15) is 11.9 Å². The third-order valence-corrected chi connectivity index (χ3v) is 3.04. The Morgan fingerprint density at radius 1 is 1.42 bits per heavy atom. The minimum Gasteiger partial charge on any atom is -0.469 e. The lowest BCUT2D eigenvalue weighted by Crippen LogP contribution is -2.28. The van der Waals surface area contributed by atoms with E-state index in [2.05, 4.69) is 0 Å². The van der Waals surface area contributed by atoms with Crippen LogP contribution in [0.4, 0.5) is 0 Å². The number of carbonyl (C=O) groups is 2. The molecule has 5 nitrogen and oxygen atoms in total. The Bertz CT molecular complexity index is 486. The standard InChI is InChI=1S/C14H16O5/c1-9(15)19-12-7-10(13-4-3-5-18-13)6-11(8-12)14(16)17-2/h3-6,11-12H,7-8H2,1-2H3/t11-,12+/m1/s1. The summed E-state index contributed by atoms with van der Waals surface area (Å²) in [6.45, 7) is 1.36. The van der Waals surface area contributed by atoms with Crippen molar-refractivity contribution in [2.45, 2.75) is 25.9 Å². The van der Waals surface area contributed by atoms with Gasteiger partial charge < -0.3 is 13.9 Å². The van der Waals surface area contributed by atoms with Crippen molar-refractivity contribution in [3.63, 3.8) is 0 Å². The topological polar surface area (TPSA) is 65.7 Å². The number of methoxy groups -OCH3 is 1. The number of hydrogen-bond donors (Lipinski definition) is 0. The van der Waals surface area contributed by atoms with Crippen molar-refractivity contribution < 1.29 is 23.5 Å². The lowest BCUT2D eigenvalue weighted by Gasteiger charge is -2.26. The normalized spacial score (nSPS) is 22.5. The lowest BCUT2D eigenvalue weighted by molar-refractivity contribution is -0.151. The van der Waals surface area contributed by atoms with E-state index in [9.17, 15) is 9.59 Å². The Balaban J connectivity index is 2.22. The van der Waals surface area contributed by atoms with Crippen LogP contribution in [0.3, 0.4) is 0 Å². The summed E-state index contributed by atoms with van der Waals surface area (Å²) in [7, 11) is 1.35. The summed E-state index contributed by atoms with van der Waals surface area (Å²) in [5.74, 6) is -0.413. The van der Waals surface area contributed by atoms with E-state index in [1.165, 1.54) is 14.0 Å². The van der Waals surface area contributed by atoms with Crippen molar-refractivity contribution in [1.82, 2.24) is 0 Å². The number of carbonyl (C=O) groups excluding carboxylic acids is 2. The molecule has 1 aromatic rings. The van der Waals surface area contributed by atoms with Crippen molar-refractivity contribution in [2.24, 2.45) is 5.92 Å². The molecule has 5 heteroatoms. The van der Waals surface area contributed by atoms with Gasteiger partial charge in [-0.25, -0.2) is 0 Å². The fourth-order valence-corrected chi connectivity index (χ4v) is 2.27. The van der Waals surface area contributed by atoms with Gasteiger partial charge in [-0.05, 0) is 17.7 Å². The molecule has 1 aromatic heterocycles. The molecule has 102 valence electrons. The van der Waals surface area contributed by atoms with E-state index < -0.39 is 5.92 Å². The molecule has 2 rings (SSSR count). The molecule has 0 bridgehead atoms. The van der Waals surface area contributed by atoms with Crippen molar-refractivity contribution in [1.29, 1.82) is 0 Å². The largest absolute Gasteiger partial charge is 0.469 e. The Morgan fingerprint density at radius 2 is 2.21 bits per heavy atom. The summed E-state index contributed by atoms with van der Waals surface area (Å²) in [5.41, 5.74) is 0.859. The Kier molecular flexibility index (Phi) is 4.04. The van der Waals surface area contributed by atoms with Gasteiger partial charge in [-0.1, -0.05) is 6.08 Å². The number of hydrogen-bond acceptors (Lipinski definition) is 5. The quantitative estimate of drug-likeness (QED) is 0.783. The molecule has 0 aliphatic heterocycles. The molecule has 0 aromatic carbocycles. The Labute approximate surface area is 111 Å². The highest BCUT2D eigenvalue weighted by Gasteiger charge is 2.30. The van der Waals surface area contributed by atoms with Crippen LogP contribution in [0.1, 0.15) is 25.5 Å². The minimum atomic E-state index is -0.414. The highest BCUT2D eigenvalue weighted by molar-refractivity contribution is 5.79. The van der Waals surface area contributed by atoms with E-state index in [1.807, 2.05) is 12.1 Å². The highest BCUT2D eigenvalue weighted by atomic mass is 16.5. The lowest BCUT2D eigenvalue weighted by atomic mass is 9.87. The molecule has 1 aliphatic carbocycles. The van der Waals surface area contributed by atoms with Crippen LogP contribution in [0.5, 0.6) is 0 Å². The first-order valence-electron chi connectivity index (χ1n) is 6.09. The summed E-state index contributed by atoms with van der Waals surface area (Å²) in [5, 5.41) is 0. The molecule has 0 fully saturated rings. The van der Waals surface area contributed by atoms with Crippen molar-refractivity contribution >= 4 is 17.5 Å². The Morgan fingerprint density at radius 3 is 2.79 bits per heavy atom. The second-order valence-corrected chi connectivity index (χ2v) is 4.47. The summed E-state index contributed by atoms with van der Waals surface area (Å²) in [6, 6.07) is 3.59. The minimum absolute atomic E-state index is 0.327. The first-order chi connectivity index (χ1) is 9.10. The number of rotatable bonds is 3. The van der Waals surface area contributed by atoms with Crippen LogP contribution in [0.25, 0.3) is 5.57 Å². The van der Waals surface area contributed by atoms with Gasteiger partial charge in [-0.15, -0.1) is 0 Å². The summed E-state index contributed by atoms with van der Waals surface area (Å²) < 4.78 is 15.3. The van der Waals surface area contributed by atoms with E-state index in [1.54, 1.807) is 12.3 Å². The zero-order chi connectivity index (χ0) is 13.8. The summed E-state index contributed by atoms with van der Waals surface area (Å²) in [6.07, 6.45) is 4.05. The van der Waals surface area contributed by atoms with E-state index >= 15 is 0 Å². The summed E-state index contributed by atoms with van der Waals surface area (Å²) in [4.78, 5) is 22.7. The molecular formula is C14H16O5. The average Bonchev–Trinajstić information content (AvgIpc) is 2.90. The molecular weight excluding hydrogens is 248 g/mol. The maximum atomic E-state index is 11.7. The molecule has 19 heavy (non-hydrogen) atoms. The molecule has 0 amide bonds. The molecule has 2 atom stereocenters. The molecule has 1 heterocycles. The zero-order valence-corrected chi connectivity index (χ0v) is 10.9. The predicted molar refractivity (Wildman–Crippen MR) is 67.0 cm³/mol. The maximum Gasteiger partial charge on any atom is 0.312 e. The van der Waals surface area contributed by atoms with Crippen molar-refractivity contribution in [3.8, 4) is 0 Å². The van der Waals surface area contributed by atoms with Crippen LogP contribution < -0.4 is 0 Å². The van der Waals surface area contributed by atoms with Crippen LogP contribution in [0, 0.1) is 5.92 Å². The van der Waals surface area contributed by atoms with Gasteiger partial charge >= 0.3 is 11.9 Å². The van der Waals surface area contributed by atoms with E-state index in [0.29, 0.717) is 18.6 Å². The van der Waals surface area contributed by atoms with Gasteiger partial charge in [-0.3, -0.25) is 9.59 Å².